The van der Waals surface area contributed by atoms with E-state index in [1.165, 1.54) is 32.4 Å². The molecule has 1 saturated heterocycles. The largest absolute Gasteiger partial charge is 0.353 e. The van der Waals surface area contributed by atoms with Crippen LogP contribution < -0.4 is 10.6 Å². The van der Waals surface area contributed by atoms with Gasteiger partial charge in [-0.2, -0.15) is 15.1 Å². The molecule has 4 rings (SSSR count). The number of hydrogen-bond acceptors (Lipinski definition) is 6. The molecule has 3 heterocycles. The Bertz CT molecular complexity index is 853. The van der Waals surface area contributed by atoms with Crippen molar-refractivity contribution in [1.29, 1.82) is 0 Å². The molecule has 0 atom stereocenters. The molecule has 2 N–H and O–H groups in total. The predicted molar refractivity (Wildman–Crippen MR) is 105 cm³/mol. The van der Waals surface area contributed by atoms with Gasteiger partial charge < -0.3 is 15.5 Å². The van der Waals surface area contributed by atoms with E-state index in [0.717, 1.165) is 35.6 Å². The minimum atomic E-state index is 0.636. The Morgan fingerprint density at radius 1 is 1.04 bits per heavy atom. The van der Waals surface area contributed by atoms with Gasteiger partial charge >= 0.3 is 0 Å². The van der Waals surface area contributed by atoms with Crippen LogP contribution in [0.2, 0.25) is 0 Å². The summed E-state index contributed by atoms with van der Waals surface area (Å²) in [5.41, 5.74) is 1.81. The van der Waals surface area contributed by atoms with Crippen LogP contribution >= 0.6 is 0 Å². The van der Waals surface area contributed by atoms with Gasteiger partial charge in [-0.25, -0.2) is 0 Å². The standard InChI is InChI=1S/C19H25N7/c1-25-18-16(14-21-25)17(22-15-8-4-2-5-9-15)23-19(24-18)20-10-13-26-11-6-3-7-12-26/h2,4-5,8-9,14H,3,6-7,10-13H2,1H3,(H2,20,22,23,24). The normalized spacial score (nSPS) is 15.3. The van der Waals surface area contributed by atoms with Crippen molar-refractivity contribution in [3.63, 3.8) is 0 Å². The van der Waals surface area contributed by atoms with Gasteiger partial charge in [-0.15, -0.1) is 0 Å². The zero-order valence-electron chi connectivity index (χ0n) is 15.1. The van der Waals surface area contributed by atoms with Crippen LogP contribution in [-0.2, 0) is 7.05 Å². The summed E-state index contributed by atoms with van der Waals surface area (Å²) in [6.45, 7) is 4.26. The predicted octanol–water partition coefficient (Wildman–Crippen LogP) is 3.00. The van der Waals surface area contributed by atoms with Gasteiger partial charge in [0.25, 0.3) is 0 Å². The first-order valence-electron chi connectivity index (χ1n) is 9.28. The summed E-state index contributed by atoms with van der Waals surface area (Å²) in [5.74, 6) is 1.41. The Morgan fingerprint density at radius 2 is 1.85 bits per heavy atom. The van der Waals surface area contributed by atoms with Crippen molar-refractivity contribution in [1.82, 2.24) is 24.6 Å². The number of para-hydroxylation sites is 1. The third kappa shape index (κ3) is 3.77. The fourth-order valence-corrected chi connectivity index (χ4v) is 3.36. The topological polar surface area (TPSA) is 70.9 Å². The monoisotopic (exact) mass is 351 g/mol. The Hall–Kier alpha value is -2.67. The quantitative estimate of drug-likeness (QED) is 0.711. The molecule has 0 amide bonds. The number of fused-ring (bicyclic) bond motifs is 1. The first-order chi connectivity index (χ1) is 12.8. The number of piperidine rings is 1. The highest BCUT2D eigenvalue weighted by Gasteiger charge is 2.13. The Balaban J connectivity index is 1.52. The molecule has 0 saturated carbocycles. The summed E-state index contributed by atoms with van der Waals surface area (Å²) < 4.78 is 1.78. The van der Waals surface area contributed by atoms with Gasteiger partial charge in [-0.05, 0) is 38.1 Å². The van der Waals surface area contributed by atoms with Crippen molar-refractivity contribution in [2.75, 3.05) is 36.8 Å². The van der Waals surface area contributed by atoms with E-state index in [9.17, 15) is 0 Å². The molecule has 0 unspecified atom stereocenters. The Kier molecular flexibility index (Phi) is 4.97. The molecule has 136 valence electrons. The number of benzene rings is 1. The number of nitrogens with one attached hydrogen (secondary N) is 2. The molecule has 2 aromatic heterocycles. The van der Waals surface area contributed by atoms with E-state index >= 15 is 0 Å². The van der Waals surface area contributed by atoms with Gasteiger partial charge in [-0.3, -0.25) is 4.68 Å². The van der Waals surface area contributed by atoms with E-state index in [0.29, 0.717) is 5.95 Å². The van der Waals surface area contributed by atoms with Gasteiger partial charge in [0.2, 0.25) is 5.95 Å². The van der Waals surface area contributed by atoms with Crippen molar-refractivity contribution in [3.8, 4) is 0 Å². The molecule has 1 aliphatic heterocycles. The molecular formula is C19H25N7. The molecule has 1 aliphatic rings. The van der Waals surface area contributed by atoms with Crippen LogP contribution in [0.1, 0.15) is 19.3 Å². The van der Waals surface area contributed by atoms with Crippen molar-refractivity contribution < 1.29 is 0 Å². The third-order valence-corrected chi connectivity index (χ3v) is 4.79. The fraction of sp³-hybridized carbons (Fsp3) is 0.421. The fourth-order valence-electron chi connectivity index (χ4n) is 3.36. The minimum Gasteiger partial charge on any atom is -0.353 e. The maximum Gasteiger partial charge on any atom is 0.226 e. The first-order valence-corrected chi connectivity index (χ1v) is 9.28. The van der Waals surface area contributed by atoms with E-state index in [-0.39, 0.29) is 0 Å². The smallest absolute Gasteiger partial charge is 0.226 e. The van der Waals surface area contributed by atoms with Crippen molar-refractivity contribution >= 4 is 28.5 Å². The van der Waals surface area contributed by atoms with Gasteiger partial charge in [-0.1, -0.05) is 24.6 Å². The molecule has 1 fully saturated rings. The number of nitrogens with zero attached hydrogens (tertiary/aromatic N) is 5. The molecular weight excluding hydrogens is 326 g/mol. The molecule has 0 bridgehead atoms. The lowest BCUT2D eigenvalue weighted by Gasteiger charge is -2.26. The van der Waals surface area contributed by atoms with Crippen LogP contribution in [-0.4, -0.2) is 50.8 Å². The number of aryl methyl sites for hydroxylation is 1. The second kappa shape index (κ2) is 7.70. The van der Waals surface area contributed by atoms with Gasteiger partial charge in [0.15, 0.2) is 5.65 Å². The average molecular weight is 351 g/mol. The van der Waals surface area contributed by atoms with Crippen LogP contribution in [0.25, 0.3) is 11.0 Å². The summed E-state index contributed by atoms with van der Waals surface area (Å²) >= 11 is 0. The summed E-state index contributed by atoms with van der Waals surface area (Å²) in [4.78, 5) is 11.8. The first kappa shape index (κ1) is 16.8. The van der Waals surface area contributed by atoms with Crippen LogP contribution in [0.4, 0.5) is 17.5 Å². The van der Waals surface area contributed by atoms with Crippen LogP contribution in [0, 0.1) is 0 Å². The molecule has 0 aliphatic carbocycles. The van der Waals surface area contributed by atoms with E-state index < -0.39 is 0 Å². The van der Waals surface area contributed by atoms with E-state index in [1.807, 2.05) is 37.4 Å². The van der Waals surface area contributed by atoms with E-state index in [1.54, 1.807) is 10.9 Å². The molecule has 3 aromatic rings. The lowest BCUT2D eigenvalue weighted by Crippen LogP contribution is -2.33. The SMILES string of the molecule is Cn1ncc2c(Nc3ccccc3)nc(NCCN3CCCCC3)nc21. The Morgan fingerprint density at radius 3 is 2.65 bits per heavy atom. The second-order valence-electron chi connectivity index (χ2n) is 6.72. The maximum atomic E-state index is 4.69. The molecule has 26 heavy (non-hydrogen) atoms. The number of rotatable bonds is 6. The molecule has 7 heteroatoms. The lowest BCUT2D eigenvalue weighted by molar-refractivity contribution is 0.237. The van der Waals surface area contributed by atoms with Gasteiger partial charge in [0.05, 0.1) is 11.6 Å². The number of aromatic nitrogens is 4. The molecule has 0 radical (unpaired) electrons. The summed E-state index contributed by atoms with van der Waals surface area (Å²) in [5, 5.41) is 12.0. The van der Waals surface area contributed by atoms with E-state index in [2.05, 4.69) is 30.6 Å². The highest BCUT2D eigenvalue weighted by molar-refractivity contribution is 5.89. The zero-order valence-corrected chi connectivity index (χ0v) is 15.1. The Labute approximate surface area is 153 Å². The molecule has 7 nitrogen and oxygen atoms in total. The van der Waals surface area contributed by atoms with Gasteiger partial charge in [0, 0.05) is 25.8 Å². The van der Waals surface area contributed by atoms with Crippen molar-refractivity contribution in [3.05, 3.63) is 36.5 Å². The van der Waals surface area contributed by atoms with Crippen LogP contribution in [0.3, 0.4) is 0 Å². The number of likely N-dealkylation sites (tertiary alicyclic amines) is 1. The van der Waals surface area contributed by atoms with Gasteiger partial charge in [0.1, 0.15) is 5.82 Å². The number of anilines is 3. The average Bonchev–Trinajstić information content (AvgIpc) is 3.05. The van der Waals surface area contributed by atoms with Crippen LogP contribution in [0.5, 0.6) is 0 Å². The van der Waals surface area contributed by atoms with E-state index in [4.69, 9.17) is 0 Å². The maximum absolute atomic E-state index is 4.69. The molecule has 1 aromatic carbocycles. The molecule has 0 spiro atoms. The third-order valence-electron chi connectivity index (χ3n) is 4.79. The van der Waals surface area contributed by atoms with Crippen LogP contribution in [0.15, 0.2) is 36.5 Å². The summed E-state index contributed by atoms with van der Waals surface area (Å²) in [7, 11) is 1.90. The minimum absolute atomic E-state index is 0.636. The summed E-state index contributed by atoms with van der Waals surface area (Å²) in [6, 6.07) is 10.0. The highest BCUT2D eigenvalue weighted by Crippen LogP contribution is 2.24. The number of hydrogen-bond donors (Lipinski definition) is 2. The summed E-state index contributed by atoms with van der Waals surface area (Å²) in [6.07, 6.45) is 5.78. The lowest BCUT2D eigenvalue weighted by atomic mass is 10.1. The zero-order chi connectivity index (χ0) is 17.8. The van der Waals surface area contributed by atoms with Crippen molar-refractivity contribution in [2.24, 2.45) is 7.05 Å². The highest BCUT2D eigenvalue weighted by atomic mass is 15.3. The second-order valence-corrected chi connectivity index (χ2v) is 6.72. The van der Waals surface area contributed by atoms with Crippen molar-refractivity contribution in [2.45, 2.75) is 19.3 Å².